The Kier molecular flexibility index (Phi) is 5.20. The topological polar surface area (TPSA) is 132 Å². The zero-order valence-electron chi connectivity index (χ0n) is 9.71. The Labute approximate surface area is 103 Å². The third kappa shape index (κ3) is 4.54. The lowest BCUT2D eigenvalue weighted by atomic mass is 10.4. The number of nitrogens with two attached hydrogens (primary N) is 1. The Bertz CT molecular complexity index is 471. The summed E-state index contributed by atoms with van der Waals surface area (Å²) in [7, 11) is 0. The molecule has 1 heterocycles. The molecule has 9 heteroatoms. The van der Waals surface area contributed by atoms with Gasteiger partial charge in [-0.25, -0.2) is 9.59 Å². The van der Waals surface area contributed by atoms with Gasteiger partial charge in [0.05, 0.1) is 6.61 Å². The molecule has 0 unspecified atom stereocenters. The quantitative estimate of drug-likeness (QED) is 0.449. The van der Waals surface area contributed by atoms with E-state index in [0.717, 1.165) is 12.8 Å². The lowest BCUT2D eigenvalue weighted by Crippen LogP contribution is -2.17. The highest BCUT2D eigenvalue weighted by Gasteiger charge is 2.08. The predicted octanol–water partition coefficient (Wildman–Crippen LogP) is 0.770. The molecule has 0 atom stereocenters. The van der Waals surface area contributed by atoms with Gasteiger partial charge in [-0.3, -0.25) is 5.32 Å². The number of anilines is 2. The van der Waals surface area contributed by atoms with Gasteiger partial charge in [0.1, 0.15) is 0 Å². The highest BCUT2D eigenvalue weighted by molar-refractivity contribution is 5.82. The fourth-order valence-electron chi connectivity index (χ4n) is 0.964. The molecule has 0 bridgehead atoms. The van der Waals surface area contributed by atoms with E-state index in [1.165, 1.54) is 6.08 Å². The summed E-state index contributed by atoms with van der Waals surface area (Å²) in [5.41, 5.74) is 5.34. The van der Waals surface area contributed by atoms with E-state index in [-0.39, 0.29) is 17.8 Å². The van der Waals surface area contributed by atoms with Gasteiger partial charge in [0.15, 0.2) is 0 Å². The average Bonchev–Trinajstić information content (AvgIpc) is 2.28. The first-order chi connectivity index (χ1) is 8.65. The van der Waals surface area contributed by atoms with Gasteiger partial charge in [-0.15, -0.1) is 4.99 Å². The van der Waals surface area contributed by atoms with E-state index in [1.54, 1.807) is 0 Å². The van der Waals surface area contributed by atoms with Crippen LogP contribution >= 0.6 is 0 Å². The first-order valence-corrected chi connectivity index (χ1v) is 5.19. The van der Waals surface area contributed by atoms with Gasteiger partial charge in [-0.05, 0) is 6.42 Å². The lowest BCUT2D eigenvalue weighted by Gasteiger charge is -2.05. The molecule has 0 aliphatic rings. The zero-order valence-corrected chi connectivity index (χ0v) is 9.71. The molecule has 1 aromatic rings. The number of carbonyl (C=O) groups is 1. The van der Waals surface area contributed by atoms with Crippen LogP contribution in [0.4, 0.5) is 22.6 Å². The van der Waals surface area contributed by atoms with E-state index < -0.39 is 6.09 Å². The molecule has 0 saturated heterocycles. The van der Waals surface area contributed by atoms with Gasteiger partial charge in [-0.2, -0.15) is 15.0 Å². The Morgan fingerprint density at radius 3 is 2.94 bits per heavy atom. The van der Waals surface area contributed by atoms with Crippen LogP contribution in [-0.2, 0) is 9.53 Å². The van der Waals surface area contributed by atoms with Crippen molar-refractivity contribution < 1.29 is 14.3 Å². The zero-order chi connectivity index (χ0) is 13.4. The van der Waals surface area contributed by atoms with Crippen LogP contribution in [0, 0.1) is 0 Å². The van der Waals surface area contributed by atoms with Crippen molar-refractivity contribution in [2.24, 2.45) is 4.99 Å². The van der Waals surface area contributed by atoms with Gasteiger partial charge < -0.3 is 10.5 Å². The number of hydrogen-bond acceptors (Lipinski definition) is 8. The molecular weight excluding hydrogens is 240 g/mol. The summed E-state index contributed by atoms with van der Waals surface area (Å²) in [5, 5.41) is 2.25. The van der Waals surface area contributed by atoms with Crippen LogP contribution in [0.3, 0.4) is 0 Å². The van der Waals surface area contributed by atoms with Crippen LogP contribution in [-0.4, -0.2) is 33.7 Å². The normalized spacial score (nSPS) is 9.39. The summed E-state index contributed by atoms with van der Waals surface area (Å²) in [4.78, 5) is 35.3. The van der Waals surface area contributed by atoms with Crippen molar-refractivity contribution in [3.63, 3.8) is 0 Å². The van der Waals surface area contributed by atoms with E-state index in [4.69, 9.17) is 10.5 Å². The molecule has 0 aliphatic carbocycles. The second-order valence-electron chi connectivity index (χ2n) is 3.13. The fourth-order valence-corrected chi connectivity index (χ4v) is 0.964. The van der Waals surface area contributed by atoms with Crippen molar-refractivity contribution in [3.8, 4) is 0 Å². The number of nitrogen functional groups attached to an aromatic ring is 1. The molecule has 18 heavy (non-hydrogen) atoms. The first-order valence-electron chi connectivity index (χ1n) is 5.19. The van der Waals surface area contributed by atoms with Crippen molar-refractivity contribution in [2.75, 3.05) is 17.7 Å². The first kappa shape index (κ1) is 13.5. The van der Waals surface area contributed by atoms with Crippen LogP contribution in [0.15, 0.2) is 4.99 Å². The predicted molar refractivity (Wildman–Crippen MR) is 61.9 cm³/mol. The number of isocyanates is 1. The molecule has 3 N–H and O–H groups in total. The molecule has 0 aromatic carbocycles. The number of unbranched alkanes of at least 4 members (excludes halogenated alkanes) is 1. The van der Waals surface area contributed by atoms with Crippen molar-refractivity contribution in [3.05, 3.63) is 0 Å². The summed E-state index contributed by atoms with van der Waals surface area (Å²) in [6.07, 6.45) is 2.21. The number of nitrogens with one attached hydrogen (secondary N) is 1. The lowest BCUT2D eigenvalue weighted by molar-refractivity contribution is 0.159. The minimum absolute atomic E-state index is 0.141. The monoisotopic (exact) mass is 252 g/mol. The van der Waals surface area contributed by atoms with E-state index in [9.17, 15) is 9.59 Å². The molecule has 0 fully saturated rings. The van der Waals surface area contributed by atoms with Crippen molar-refractivity contribution in [2.45, 2.75) is 19.8 Å². The maximum atomic E-state index is 11.3. The summed E-state index contributed by atoms with van der Waals surface area (Å²) in [5.74, 6) is -0.554. The molecule has 9 nitrogen and oxygen atoms in total. The molecule has 96 valence electrons. The van der Waals surface area contributed by atoms with Gasteiger partial charge in [0, 0.05) is 0 Å². The summed E-state index contributed by atoms with van der Waals surface area (Å²) >= 11 is 0. The second-order valence-corrected chi connectivity index (χ2v) is 3.13. The molecule has 0 radical (unpaired) electrons. The van der Waals surface area contributed by atoms with Crippen molar-refractivity contribution in [1.82, 2.24) is 15.0 Å². The van der Waals surface area contributed by atoms with E-state index in [0.29, 0.717) is 6.61 Å². The molecular formula is C9H12N6O3. The molecule has 1 rings (SSSR count). The number of amides is 1. The van der Waals surface area contributed by atoms with Crippen LogP contribution in [0.5, 0.6) is 0 Å². The smallest absolute Gasteiger partial charge is 0.414 e. The fraction of sp³-hybridized carbons (Fsp3) is 0.444. The van der Waals surface area contributed by atoms with Gasteiger partial charge in [-0.1, -0.05) is 13.3 Å². The summed E-state index contributed by atoms with van der Waals surface area (Å²) in [6, 6.07) is 0. The number of rotatable bonds is 5. The van der Waals surface area contributed by atoms with Crippen LogP contribution < -0.4 is 11.1 Å². The van der Waals surface area contributed by atoms with Gasteiger partial charge in [0.25, 0.3) is 5.95 Å². The van der Waals surface area contributed by atoms with Crippen LogP contribution in [0.25, 0.3) is 0 Å². The number of ether oxygens (including phenoxy) is 1. The molecule has 1 aromatic heterocycles. The molecule has 0 spiro atoms. The van der Waals surface area contributed by atoms with E-state index in [1.807, 2.05) is 6.92 Å². The number of hydrogen-bond donors (Lipinski definition) is 2. The highest BCUT2D eigenvalue weighted by Crippen LogP contribution is 2.09. The minimum atomic E-state index is -0.713. The van der Waals surface area contributed by atoms with E-state index in [2.05, 4.69) is 25.3 Å². The third-order valence-electron chi connectivity index (χ3n) is 1.73. The molecule has 0 saturated carbocycles. The standard InChI is InChI=1S/C9H12N6O3/c1-2-3-4-18-9(17)15-8-13-6(10)12-7(14-8)11-5-16/h2-4H2,1H3,(H3,10,12,13,14,15,17). The average molecular weight is 252 g/mol. The molecule has 1 amide bonds. The second kappa shape index (κ2) is 6.92. The molecule has 0 aliphatic heterocycles. The van der Waals surface area contributed by atoms with Crippen molar-refractivity contribution in [1.29, 1.82) is 0 Å². The SMILES string of the molecule is CCCCOC(=O)Nc1nc(N)nc(N=C=O)n1. The number of aliphatic imine (C=N–C) groups is 1. The Balaban J connectivity index is 2.66. The minimum Gasteiger partial charge on any atom is -0.449 e. The Morgan fingerprint density at radius 2 is 2.28 bits per heavy atom. The maximum absolute atomic E-state index is 11.3. The van der Waals surface area contributed by atoms with Gasteiger partial charge in [0.2, 0.25) is 18.0 Å². The van der Waals surface area contributed by atoms with E-state index >= 15 is 0 Å². The Hall–Kier alpha value is -2.54. The maximum Gasteiger partial charge on any atom is 0.414 e. The van der Waals surface area contributed by atoms with Crippen molar-refractivity contribution >= 4 is 30.0 Å². The highest BCUT2D eigenvalue weighted by atomic mass is 16.5. The van der Waals surface area contributed by atoms with Crippen LogP contribution in [0.2, 0.25) is 0 Å². The van der Waals surface area contributed by atoms with Crippen LogP contribution in [0.1, 0.15) is 19.8 Å². The Morgan fingerprint density at radius 1 is 1.50 bits per heavy atom. The summed E-state index contributed by atoms with van der Waals surface area (Å²) < 4.78 is 4.83. The number of carbonyl (C=O) groups excluding carboxylic acids is 2. The van der Waals surface area contributed by atoms with Gasteiger partial charge >= 0.3 is 6.09 Å². The summed E-state index contributed by atoms with van der Waals surface area (Å²) in [6.45, 7) is 2.26. The number of nitrogens with zero attached hydrogens (tertiary/aromatic N) is 4. The third-order valence-corrected chi connectivity index (χ3v) is 1.73. The largest absolute Gasteiger partial charge is 0.449 e. The number of aromatic nitrogens is 3.